The van der Waals surface area contributed by atoms with Crippen molar-refractivity contribution in [1.82, 2.24) is 10.2 Å². The number of ether oxygens (including phenoxy) is 3. The van der Waals surface area contributed by atoms with Crippen LogP contribution < -0.4 is 19.5 Å². The Hall–Kier alpha value is -2.80. The van der Waals surface area contributed by atoms with Crippen molar-refractivity contribution in [2.24, 2.45) is 0 Å². The molecule has 0 aliphatic carbocycles. The lowest BCUT2D eigenvalue weighted by Gasteiger charge is -2.35. The van der Waals surface area contributed by atoms with E-state index in [0.29, 0.717) is 36.9 Å². The fourth-order valence-corrected chi connectivity index (χ4v) is 3.40. The summed E-state index contributed by atoms with van der Waals surface area (Å²) in [4.78, 5) is 14.5. The van der Waals surface area contributed by atoms with Crippen LogP contribution in [0.3, 0.4) is 0 Å². The maximum Gasteiger partial charge on any atom is 0.242 e. The normalized spacial score (nSPS) is 19.3. The van der Waals surface area contributed by atoms with E-state index in [1.54, 1.807) is 19.2 Å². The van der Waals surface area contributed by atoms with E-state index in [-0.39, 0.29) is 18.5 Å². The number of halogens is 1. The molecule has 136 valence electrons. The molecule has 0 bridgehead atoms. The lowest BCUT2D eigenvalue weighted by molar-refractivity contribution is -0.129. The van der Waals surface area contributed by atoms with E-state index in [1.165, 1.54) is 12.1 Å². The number of amides is 1. The molecule has 2 aromatic rings. The van der Waals surface area contributed by atoms with Crippen molar-refractivity contribution in [2.45, 2.75) is 12.6 Å². The summed E-state index contributed by atoms with van der Waals surface area (Å²) in [6.45, 7) is 1.95. The summed E-state index contributed by atoms with van der Waals surface area (Å²) in [5.74, 6) is 1.43. The van der Waals surface area contributed by atoms with Gasteiger partial charge < -0.3 is 19.5 Å². The molecule has 1 N–H and O–H groups in total. The molecule has 6 nitrogen and oxygen atoms in total. The first-order valence-electron chi connectivity index (χ1n) is 8.39. The summed E-state index contributed by atoms with van der Waals surface area (Å²) in [5.41, 5.74) is 1.71. The van der Waals surface area contributed by atoms with E-state index in [1.807, 2.05) is 12.1 Å². The summed E-state index contributed by atoms with van der Waals surface area (Å²) >= 11 is 0. The molecule has 0 radical (unpaired) electrons. The quantitative estimate of drug-likeness (QED) is 0.908. The second-order valence-electron chi connectivity index (χ2n) is 6.25. The van der Waals surface area contributed by atoms with Crippen LogP contribution in [0, 0.1) is 5.82 Å². The van der Waals surface area contributed by atoms with E-state index in [9.17, 15) is 9.18 Å². The van der Waals surface area contributed by atoms with Gasteiger partial charge in [-0.3, -0.25) is 9.69 Å². The molecule has 2 aliphatic rings. The summed E-state index contributed by atoms with van der Waals surface area (Å²) in [7, 11) is 1.58. The van der Waals surface area contributed by atoms with Gasteiger partial charge in [0.05, 0.1) is 7.11 Å². The number of nitrogens with zero attached hydrogens (tertiary/aromatic N) is 1. The number of benzene rings is 2. The maximum absolute atomic E-state index is 13.3. The Morgan fingerprint density at radius 1 is 1.27 bits per heavy atom. The standard InChI is InChI=1S/C19H19FN2O4/c1-24-15-8-12(9-16-18(15)26-11-25-16)10-22-7-6-21-19(23)17(22)13-2-4-14(20)5-3-13/h2-5,8-9,17H,6-7,10-11H2,1H3,(H,21,23)/t17-/m0/s1. The Morgan fingerprint density at radius 3 is 2.85 bits per heavy atom. The largest absolute Gasteiger partial charge is 0.493 e. The third kappa shape index (κ3) is 3.06. The Balaban J connectivity index is 1.63. The van der Waals surface area contributed by atoms with Crippen molar-refractivity contribution >= 4 is 5.91 Å². The first-order chi connectivity index (χ1) is 12.7. The molecule has 1 amide bonds. The number of hydrogen-bond acceptors (Lipinski definition) is 5. The van der Waals surface area contributed by atoms with Gasteiger partial charge in [-0.2, -0.15) is 0 Å². The molecule has 2 heterocycles. The molecule has 0 aromatic heterocycles. The summed E-state index contributed by atoms with van der Waals surface area (Å²) < 4.78 is 29.5. The fourth-order valence-electron chi connectivity index (χ4n) is 3.40. The molecule has 26 heavy (non-hydrogen) atoms. The molecule has 1 atom stereocenters. The molecular formula is C19H19FN2O4. The van der Waals surface area contributed by atoms with Gasteiger partial charge in [0.25, 0.3) is 0 Å². The zero-order chi connectivity index (χ0) is 18.1. The summed E-state index contributed by atoms with van der Waals surface area (Å²) in [6, 6.07) is 9.37. The second-order valence-corrected chi connectivity index (χ2v) is 6.25. The van der Waals surface area contributed by atoms with Gasteiger partial charge in [0.15, 0.2) is 11.5 Å². The van der Waals surface area contributed by atoms with Gasteiger partial charge >= 0.3 is 0 Å². The number of piperazine rings is 1. The number of carbonyl (C=O) groups is 1. The Bertz CT molecular complexity index is 825. The van der Waals surface area contributed by atoms with Crippen LogP contribution in [0.5, 0.6) is 17.2 Å². The SMILES string of the molecule is COc1cc(CN2CCNC(=O)[C@@H]2c2ccc(F)cc2)cc2c1OCO2. The van der Waals surface area contributed by atoms with E-state index < -0.39 is 6.04 Å². The lowest BCUT2D eigenvalue weighted by Crippen LogP contribution is -2.49. The molecule has 2 aromatic carbocycles. The Kier molecular flexibility index (Phi) is 4.38. The number of hydrogen-bond donors (Lipinski definition) is 1. The second kappa shape index (κ2) is 6.84. The average molecular weight is 358 g/mol. The molecule has 1 saturated heterocycles. The van der Waals surface area contributed by atoms with Crippen LogP contribution in [0.25, 0.3) is 0 Å². The molecule has 2 aliphatic heterocycles. The number of methoxy groups -OCH3 is 1. The van der Waals surface area contributed by atoms with E-state index in [2.05, 4.69) is 10.2 Å². The topological polar surface area (TPSA) is 60.0 Å². The number of rotatable bonds is 4. The molecule has 1 fully saturated rings. The van der Waals surface area contributed by atoms with E-state index in [4.69, 9.17) is 14.2 Å². The van der Waals surface area contributed by atoms with Gasteiger partial charge in [-0.05, 0) is 35.4 Å². The minimum atomic E-state index is -0.472. The molecule has 7 heteroatoms. The highest BCUT2D eigenvalue weighted by Gasteiger charge is 2.31. The first kappa shape index (κ1) is 16.7. The van der Waals surface area contributed by atoms with Crippen molar-refractivity contribution in [3.63, 3.8) is 0 Å². The van der Waals surface area contributed by atoms with E-state index >= 15 is 0 Å². The minimum absolute atomic E-state index is 0.0874. The molecule has 0 saturated carbocycles. The Labute approximate surface area is 150 Å². The van der Waals surface area contributed by atoms with Crippen molar-refractivity contribution in [2.75, 3.05) is 27.0 Å². The van der Waals surface area contributed by atoms with Crippen LogP contribution in [0.15, 0.2) is 36.4 Å². The van der Waals surface area contributed by atoms with Crippen molar-refractivity contribution in [3.8, 4) is 17.2 Å². The number of fused-ring (bicyclic) bond motifs is 1. The van der Waals surface area contributed by atoms with Crippen LogP contribution in [-0.2, 0) is 11.3 Å². The molecule has 0 unspecified atom stereocenters. The van der Waals surface area contributed by atoms with Gasteiger partial charge in [0.1, 0.15) is 11.9 Å². The predicted molar refractivity (Wildman–Crippen MR) is 91.7 cm³/mol. The first-order valence-corrected chi connectivity index (χ1v) is 8.39. The average Bonchev–Trinajstić information content (AvgIpc) is 3.11. The zero-order valence-electron chi connectivity index (χ0n) is 14.3. The third-order valence-electron chi connectivity index (χ3n) is 4.60. The monoisotopic (exact) mass is 358 g/mol. The summed E-state index contributed by atoms with van der Waals surface area (Å²) in [6.07, 6.45) is 0. The zero-order valence-corrected chi connectivity index (χ0v) is 14.3. The van der Waals surface area contributed by atoms with Gasteiger partial charge in [-0.25, -0.2) is 4.39 Å². The number of nitrogens with one attached hydrogen (secondary N) is 1. The predicted octanol–water partition coefficient (Wildman–Crippen LogP) is 2.24. The molecular weight excluding hydrogens is 339 g/mol. The van der Waals surface area contributed by atoms with Crippen LogP contribution in [0.1, 0.15) is 17.2 Å². The van der Waals surface area contributed by atoms with Crippen molar-refractivity contribution < 1.29 is 23.4 Å². The fraction of sp³-hybridized carbons (Fsp3) is 0.316. The van der Waals surface area contributed by atoms with Crippen molar-refractivity contribution in [1.29, 1.82) is 0 Å². The van der Waals surface area contributed by atoms with Gasteiger partial charge in [0, 0.05) is 19.6 Å². The van der Waals surface area contributed by atoms with Gasteiger partial charge in [-0.15, -0.1) is 0 Å². The minimum Gasteiger partial charge on any atom is -0.493 e. The highest BCUT2D eigenvalue weighted by Crippen LogP contribution is 2.42. The van der Waals surface area contributed by atoms with Crippen LogP contribution in [0.2, 0.25) is 0 Å². The number of carbonyl (C=O) groups excluding carboxylic acids is 1. The molecule has 4 rings (SSSR count). The van der Waals surface area contributed by atoms with Crippen LogP contribution in [0.4, 0.5) is 4.39 Å². The smallest absolute Gasteiger partial charge is 0.242 e. The third-order valence-corrected chi connectivity index (χ3v) is 4.60. The highest BCUT2D eigenvalue weighted by molar-refractivity contribution is 5.83. The summed E-state index contributed by atoms with van der Waals surface area (Å²) in [5, 5.41) is 2.88. The lowest BCUT2D eigenvalue weighted by atomic mass is 10.0. The van der Waals surface area contributed by atoms with Gasteiger partial charge in [-0.1, -0.05) is 12.1 Å². The molecule has 0 spiro atoms. The maximum atomic E-state index is 13.3. The van der Waals surface area contributed by atoms with Crippen LogP contribution >= 0.6 is 0 Å². The Morgan fingerprint density at radius 2 is 2.08 bits per heavy atom. The van der Waals surface area contributed by atoms with Crippen LogP contribution in [-0.4, -0.2) is 37.8 Å². The van der Waals surface area contributed by atoms with E-state index in [0.717, 1.165) is 11.1 Å². The van der Waals surface area contributed by atoms with Gasteiger partial charge in [0.2, 0.25) is 18.4 Å². The van der Waals surface area contributed by atoms with Crippen molar-refractivity contribution in [3.05, 3.63) is 53.3 Å². The highest BCUT2D eigenvalue weighted by atomic mass is 19.1.